The smallest absolute Gasteiger partial charge is 0.256 e. The van der Waals surface area contributed by atoms with Crippen LogP contribution >= 0.6 is 11.3 Å². The maximum atomic E-state index is 12.0. The largest absolute Gasteiger partial charge is 0.322 e. The first kappa shape index (κ1) is 14.0. The van der Waals surface area contributed by atoms with Crippen molar-refractivity contribution in [3.8, 4) is 0 Å². The van der Waals surface area contributed by atoms with Crippen LogP contribution in [0.3, 0.4) is 0 Å². The van der Waals surface area contributed by atoms with E-state index in [4.69, 9.17) is 0 Å². The van der Waals surface area contributed by atoms with Crippen molar-refractivity contribution in [2.24, 2.45) is 0 Å². The lowest BCUT2D eigenvalue weighted by Crippen LogP contribution is -2.12. The molecule has 100 valence electrons. The zero-order valence-corrected chi connectivity index (χ0v) is 12.4. The minimum absolute atomic E-state index is 0.112. The highest BCUT2D eigenvalue weighted by atomic mass is 32.2. The Morgan fingerprint density at radius 3 is 2.79 bits per heavy atom. The Bertz CT molecular complexity index is 606. The van der Waals surface area contributed by atoms with Crippen molar-refractivity contribution >= 4 is 33.7 Å². The highest BCUT2D eigenvalue weighted by molar-refractivity contribution is 7.83. The molecule has 2 aromatic rings. The van der Waals surface area contributed by atoms with Crippen molar-refractivity contribution in [3.05, 3.63) is 51.7 Å². The highest BCUT2D eigenvalue weighted by Crippen LogP contribution is 2.21. The van der Waals surface area contributed by atoms with E-state index in [1.807, 2.05) is 35.9 Å². The molecule has 0 aliphatic rings. The lowest BCUT2D eigenvalue weighted by atomic mass is 10.1. The van der Waals surface area contributed by atoms with Gasteiger partial charge in [-0.3, -0.25) is 9.00 Å². The molecule has 1 N–H and O–H groups in total. The fourth-order valence-corrected chi connectivity index (χ4v) is 3.17. The summed E-state index contributed by atoms with van der Waals surface area (Å²) in [6.45, 7) is 1.94. The number of benzene rings is 1. The molecule has 1 amide bonds. The van der Waals surface area contributed by atoms with Crippen molar-refractivity contribution in [3.63, 3.8) is 0 Å². The standard InChI is InChI=1S/C14H15NO2S2/c1-10-12(9-19(2)17)4-3-5-13(10)15-14(16)11-6-7-18-8-11/h3-8H,9H2,1-2H3,(H,15,16)/t19-/m0/s1. The molecule has 0 aliphatic carbocycles. The molecular weight excluding hydrogens is 278 g/mol. The number of rotatable bonds is 4. The second-order valence-electron chi connectivity index (χ2n) is 4.27. The summed E-state index contributed by atoms with van der Waals surface area (Å²) in [5, 5.41) is 6.58. The summed E-state index contributed by atoms with van der Waals surface area (Å²) in [5.74, 6) is 0.396. The van der Waals surface area contributed by atoms with E-state index in [1.54, 1.807) is 12.3 Å². The van der Waals surface area contributed by atoms with Crippen LogP contribution in [0.1, 0.15) is 21.5 Å². The van der Waals surface area contributed by atoms with E-state index >= 15 is 0 Å². The number of anilines is 1. The maximum Gasteiger partial charge on any atom is 0.256 e. The molecular formula is C14H15NO2S2. The van der Waals surface area contributed by atoms with Crippen molar-refractivity contribution < 1.29 is 9.00 Å². The normalized spacial score (nSPS) is 12.1. The van der Waals surface area contributed by atoms with E-state index in [9.17, 15) is 9.00 Å². The van der Waals surface area contributed by atoms with Gasteiger partial charge in [0.25, 0.3) is 5.91 Å². The van der Waals surface area contributed by atoms with Gasteiger partial charge in [-0.25, -0.2) is 0 Å². The number of amides is 1. The Hall–Kier alpha value is -1.46. The van der Waals surface area contributed by atoms with E-state index in [0.717, 1.165) is 16.8 Å². The van der Waals surface area contributed by atoms with Gasteiger partial charge in [0.05, 0.1) is 5.56 Å². The average molecular weight is 293 g/mol. The molecule has 1 atom stereocenters. The second-order valence-corrected chi connectivity index (χ2v) is 6.49. The van der Waals surface area contributed by atoms with Gasteiger partial charge < -0.3 is 5.32 Å². The molecule has 0 aliphatic heterocycles. The number of hydrogen-bond acceptors (Lipinski definition) is 3. The monoisotopic (exact) mass is 293 g/mol. The molecule has 1 aromatic heterocycles. The van der Waals surface area contributed by atoms with Gasteiger partial charge in [0.2, 0.25) is 0 Å². The summed E-state index contributed by atoms with van der Waals surface area (Å²) < 4.78 is 11.3. The van der Waals surface area contributed by atoms with Gasteiger partial charge >= 0.3 is 0 Å². The van der Waals surface area contributed by atoms with Gasteiger partial charge in [-0.05, 0) is 35.6 Å². The molecule has 0 radical (unpaired) electrons. The highest BCUT2D eigenvalue weighted by Gasteiger charge is 2.10. The Morgan fingerprint density at radius 2 is 2.16 bits per heavy atom. The van der Waals surface area contributed by atoms with Crippen molar-refractivity contribution in [2.45, 2.75) is 12.7 Å². The Labute approximate surface area is 119 Å². The van der Waals surface area contributed by atoms with Crippen LogP contribution in [0.5, 0.6) is 0 Å². The molecule has 1 aromatic carbocycles. The first-order valence-electron chi connectivity index (χ1n) is 5.80. The number of carbonyl (C=O) groups excluding carboxylic acids is 1. The molecule has 3 nitrogen and oxygen atoms in total. The zero-order chi connectivity index (χ0) is 13.8. The fraction of sp³-hybridized carbons (Fsp3) is 0.214. The summed E-state index contributed by atoms with van der Waals surface area (Å²) >= 11 is 1.49. The summed E-state index contributed by atoms with van der Waals surface area (Å²) in [5.41, 5.74) is 3.42. The third-order valence-corrected chi connectivity index (χ3v) is 4.24. The first-order chi connectivity index (χ1) is 9.08. The number of nitrogens with one attached hydrogen (secondary N) is 1. The van der Waals surface area contributed by atoms with E-state index in [2.05, 4.69) is 5.32 Å². The van der Waals surface area contributed by atoms with E-state index < -0.39 is 10.8 Å². The summed E-state index contributed by atoms with van der Waals surface area (Å²) in [6, 6.07) is 7.47. The Kier molecular flexibility index (Phi) is 4.50. The molecule has 0 spiro atoms. The molecule has 2 rings (SSSR count). The Balaban J connectivity index is 2.21. The number of carbonyl (C=O) groups is 1. The average Bonchev–Trinajstić information content (AvgIpc) is 2.87. The van der Waals surface area contributed by atoms with Crippen LogP contribution in [-0.4, -0.2) is 16.4 Å². The molecule has 19 heavy (non-hydrogen) atoms. The number of thiophene rings is 1. The van der Waals surface area contributed by atoms with Crippen LogP contribution in [0.2, 0.25) is 0 Å². The predicted octanol–water partition coefficient (Wildman–Crippen LogP) is 3.19. The third-order valence-electron chi connectivity index (χ3n) is 2.84. The minimum atomic E-state index is -0.888. The molecule has 0 saturated heterocycles. The van der Waals surface area contributed by atoms with Crippen molar-refractivity contribution in [2.75, 3.05) is 11.6 Å². The first-order valence-corrected chi connectivity index (χ1v) is 8.47. The van der Waals surface area contributed by atoms with Crippen molar-refractivity contribution in [1.29, 1.82) is 0 Å². The van der Waals surface area contributed by atoms with Gasteiger partial charge in [0.1, 0.15) is 0 Å². The van der Waals surface area contributed by atoms with Crippen LogP contribution in [0.15, 0.2) is 35.0 Å². The van der Waals surface area contributed by atoms with Crippen LogP contribution in [0.25, 0.3) is 0 Å². The SMILES string of the molecule is Cc1c(C[S@](C)=O)cccc1NC(=O)c1ccsc1. The van der Waals surface area contributed by atoms with E-state index in [1.165, 1.54) is 11.3 Å². The molecule has 5 heteroatoms. The van der Waals surface area contributed by atoms with Gasteiger partial charge in [0, 0.05) is 33.9 Å². The van der Waals surface area contributed by atoms with Gasteiger partial charge in [-0.2, -0.15) is 11.3 Å². The quantitative estimate of drug-likeness (QED) is 0.941. The van der Waals surface area contributed by atoms with Gasteiger partial charge in [-0.1, -0.05) is 12.1 Å². The van der Waals surface area contributed by atoms with Crippen molar-refractivity contribution in [1.82, 2.24) is 0 Å². The third kappa shape index (κ3) is 3.52. The molecule has 0 bridgehead atoms. The van der Waals surface area contributed by atoms with Crippen LogP contribution in [0, 0.1) is 6.92 Å². The molecule has 1 heterocycles. The fourth-order valence-electron chi connectivity index (χ4n) is 1.78. The lowest BCUT2D eigenvalue weighted by Gasteiger charge is -2.11. The summed E-state index contributed by atoms with van der Waals surface area (Å²) in [7, 11) is -0.888. The minimum Gasteiger partial charge on any atom is -0.322 e. The number of hydrogen-bond donors (Lipinski definition) is 1. The van der Waals surface area contributed by atoms with E-state index in [0.29, 0.717) is 11.3 Å². The van der Waals surface area contributed by atoms with Gasteiger partial charge in [0.15, 0.2) is 0 Å². The maximum absolute atomic E-state index is 12.0. The topological polar surface area (TPSA) is 46.2 Å². The predicted molar refractivity (Wildman–Crippen MR) is 81.2 cm³/mol. The lowest BCUT2D eigenvalue weighted by molar-refractivity contribution is 0.102. The van der Waals surface area contributed by atoms with Crippen LogP contribution in [0.4, 0.5) is 5.69 Å². The summed E-state index contributed by atoms with van der Waals surface area (Å²) in [6.07, 6.45) is 1.68. The summed E-state index contributed by atoms with van der Waals surface area (Å²) in [4.78, 5) is 12.0. The Morgan fingerprint density at radius 1 is 1.37 bits per heavy atom. The molecule has 0 unspecified atom stereocenters. The van der Waals surface area contributed by atoms with Gasteiger partial charge in [-0.15, -0.1) is 0 Å². The van der Waals surface area contributed by atoms with Crippen LogP contribution < -0.4 is 5.32 Å². The van der Waals surface area contributed by atoms with Crippen LogP contribution in [-0.2, 0) is 16.6 Å². The second kappa shape index (κ2) is 6.12. The van der Waals surface area contributed by atoms with E-state index in [-0.39, 0.29) is 5.91 Å². The molecule has 0 fully saturated rings. The zero-order valence-electron chi connectivity index (χ0n) is 10.8. The molecule has 0 saturated carbocycles.